The smallest absolute Gasteiger partial charge is 0.301 e. The summed E-state index contributed by atoms with van der Waals surface area (Å²) in [5.41, 5.74) is 1.27. The van der Waals surface area contributed by atoms with Gasteiger partial charge < -0.3 is 5.32 Å². The van der Waals surface area contributed by atoms with Gasteiger partial charge in [-0.15, -0.1) is 0 Å². The molecule has 21 heavy (non-hydrogen) atoms. The molecule has 0 aliphatic heterocycles. The van der Waals surface area contributed by atoms with Crippen LogP contribution in [0.15, 0.2) is 18.2 Å². The fraction of sp³-hybridized carbons (Fsp3) is 0.167. The van der Waals surface area contributed by atoms with Gasteiger partial charge in [0.1, 0.15) is 0 Å². The molecule has 2 N–H and O–H groups in total. The van der Waals surface area contributed by atoms with E-state index in [1.54, 1.807) is 18.3 Å². The van der Waals surface area contributed by atoms with Crippen molar-refractivity contribution >= 4 is 34.9 Å². The molecule has 1 aromatic heterocycles. The maximum atomic E-state index is 12.3. The molecule has 0 radical (unpaired) electrons. The average Bonchev–Trinajstić information content (AvgIpc) is 2.73. The molecular formula is C12H8Cl2F3N3O. The van der Waals surface area contributed by atoms with Gasteiger partial charge in [-0.1, -0.05) is 29.3 Å². The Labute approximate surface area is 127 Å². The summed E-state index contributed by atoms with van der Waals surface area (Å²) in [6.07, 6.45) is -5.00. The second kappa shape index (κ2) is 5.57. The van der Waals surface area contributed by atoms with Crippen molar-refractivity contribution < 1.29 is 18.0 Å². The quantitative estimate of drug-likeness (QED) is 0.863. The third-order valence-corrected chi connectivity index (χ3v) is 3.38. The maximum Gasteiger partial charge on any atom is 0.471 e. The number of carbonyl (C=O) groups is 1. The van der Waals surface area contributed by atoms with E-state index in [0.717, 1.165) is 0 Å². The molecule has 0 spiro atoms. The second-order valence-corrected chi connectivity index (χ2v) is 4.97. The topological polar surface area (TPSA) is 57.8 Å². The lowest BCUT2D eigenvalue weighted by Gasteiger charge is -2.09. The molecule has 2 aromatic rings. The molecular weight excluding hydrogens is 330 g/mol. The SMILES string of the molecule is Cc1[nH]nc(NC(=O)C(F)(F)F)c1-c1ccc(Cl)c(Cl)c1. The van der Waals surface area contributed by atoms with Crippen LogP contribution < -0.4 is 5.32 Å². The minimum absolute atomic E-state index is 0.229. The highest BCUT2D eigenvalue weighted by Gasteiger charge is 2.39. The van der Waals surface area contributed by atoms with Gasteiger partial charge in [-0.3, -0.25) is 9.89 Å². The highest BCUT2D eigenvalue weighted by Crippen LogP contribution is 2.34. The van der Waals surface area contributed by atoms with E-state index in [9.17, 15) is 18.0 Å². The zero-order valence-electron chi connectivity index (χ0n) is 10.5. The molecule has 1 amide bonds. The fourth-order valence-electron chi connectivity index (χ4n) is 1.70. The van der Waals surface area contributed by atoms with Crippen LogP contribution in [0, 0.1) is 6.92 Å². The fourth-order valence-corrected chi connectivity index (χ4v) is 2.00. The van der Waals surface area contributed by atoms with Crippen LogP contribution in [0.2, 0.25) is 10.0 Å². The Balaban J connectivity index is 2.43. The van der Waals surface area contributed by atoms with Crippen molar-refractivity contribution in [2.24, 2.45) is 0 Å². The van der Waals surface area contributed by atoms with E-state index < -0.39 is 12.1 Å². The van der Waals surface area contributed by atoms with E-state index in [1.165, 1.54) is 12.1 Å². The number of anilines is 1. The number of amides is 1. The van der Waals surface area contributed by atoms with Crippen molar-refractivity contribution in [3.05, 3.63) is 33.9 Å². The number of aryl methyl sites for hydroxylation is 1. The number of benzene rings is 1. The van der Waals surface area contributed by atoms with Gasteiger partial charge in [-0.2, -0.15) is 18.3 Å². The number of carbonyl (C=O) groups excluding carboxylic acids is 1. The Hall–Kier alpha value is -1.73. The Morgan fingerprint density at radius 2 is 1.95 bits per heavy atom. The Bertz CT molecular complexity index is 698. The van der Waals surface area contributed by atoms with Gasteiger partial charge in [-0.05, 0) is 24.6 Å². The Morgan fingerprint density at radius 3 is 2.52 bits per heavy atom. The van der Waals surface area contributed by atoms with E-state index >= 15 is 0 Å². The molecule has 4 nitrogen and oxygen atoms in total. The van der Waals surface area contributed by atoms with Crippen LogP contribution >= 0.6 is 23.2 Å². The summed E-state index contributed by atoms with van der Waals surface area (Å²) in [4.78, 5) is 11.0. The van der Waals surface area contributed by atoms with Gasteiger partial charge in [0.25, 0.3) is 0 Å². The summed E-state index contributed by atoms with van der Waals surface area (Å²) in [5, 5.41) is 8.45. The molecule has 2 rings (SSSR count). The number of hydrogen-bond acceptors (Lipinski definition) is 2. The lowest BCUT2D eigenvalue weighted by Crippen LogP contribution is -2.30. The molecule has 0 saturated carbocycles. The van der Waals surface area contributed by atoms with Crippen LogP contribution in [0.1, 0.15) is 5.69 Å². The standard InChI is InChI=1S/C12H8Cl2F3N3O/c1-5-9(6-2-3-7(13)8(14)4-6)10(20-19-5)18-11(21)12(15,16)17/h2-4H,1H3,(H2,18,19,20,21). The molecule has 1 aromatic carbocycles. The van der Waals surface area contributed by atoms with Gasteiger partial charge in [0.05, 0.1) is 10.0 Å². The monoisotopic (exact) mass is 337 g/mol. The predicted molar refractivity (Wildman–Crippen MR) is 73.5 cm³/mol. The average molecular weight is 338 g/mol. The van der Waals surface area contributed by atoms with Gasteiger partial charge in [0.2, 0.25) is 0 Å². The lowest BCUT2D eigenvalue weighted by atomic mass is 10.1. The van der Waals surface area contributed by atoms with Crippen molar-refractivity contribution in [2.75, 3.05) is 5.32 Å². The number of nitrogens with one attached hydrogen (secondary N) is 2. The first kappa shape index (κ1) is 15.7. The van der Waals surface area contributed by atoms with Crippen molar-refractivity contribution in [1.82, 2.24) is 10.2 Å². The van der Waals surface area contributed by atoms with Crippen LogP contribution in [0.25, 0.3) is 11.1 Å². The molecule has 0 atom stereocenters. The van der Waals surface area contributed by atoms with Crippen LogP contribution in [0.4, 0.5) is 19.0 Å². The lowest BCUT2D eigenvalue weighted by molar-refractivity contribution is -0.167. The Kier molecular flexibility index (Phi) is 4.15. The summed E-state index contributed by atoms with van der Waals surface area (Å²) in [6, 6.07) is 4.54. The summed E-state index contributed by atoms with van der Waals surface area (Å²) < 4.78 is 36.9. The highest BCUT2D eigenvalue weighted by atomic mass is 35.5. The molecule has 0 fully saturated rings. The van der Waals surface area contributed by atoms with Crippen molar-refractivity contribution in [1.29, 1.82) is 0 Å². The number of halogens is 5. The van der Waals surface area contributed by atoms with Gasteiger partial charge in [-0.25, -0.2) is 0 Å². The number of hydrogen-bond donors (Lipinski definition) is 2. The third kappa shape index (κ3) is 3.30. The number of nitrogens with zero attached hydrogens (tertiary/aromatic N) is 1. The first-order chi connectivity index (χ1) is 9.70. The van der Waals surface area contributed by atoms with Crippen LogP contribution in [0.3, 0.4) is 0 Å². The number of aromatic amines is 1. The molecule has 0 aliphatic rings. The van der Waals surface area contributed by atoms with E-state index in [4.69, 9.17) is 23.2 Å². The Morgan fingerprint density at radius 1 is 1.29 bits per heavy atom. The van der Waals surface area contributed by atoms with E-state index in [-0.39, 0.29) is 10.8 Å². The largest absolute Gasteiger partial charge is 0.471 e. The number of alkyl halides is 3. The van der Waals surface area contributed by atoms with Gasteiger partial charge in [0, 0.05) is 11.3 Å². The molecule has 0 saturated heterocycles. The van der Waals surface area contributed by atoms with Crippen molar-refractivity contribution in [3.8, 4) is 11.1 Å². The molecule has 0 unspecified atom stereocenters. The predicted octanol–water partition coefficient (Wildman–Crippen LogP) is 4.19. The summed E-state index contributed by atoms with van der Waals surface area (Å²) in [7, 11) is 0. The summed E-state index contributed by atoms with van der Waals surface area (Å²) in [6.45, 7) is 1.61. The first-order valence-electron chi connectivity index (χ1n) is 5.58. The molecule has 1 heterocycles. The van der Waals surface area contributed by atoms with Crippen LogP contribution in [0.5, 0.6) is 0 Å². The molecule has 9 heteroatoms. The molecule has 112 valence electrons. The summed E-state index contributed by atoms with van der Waals surface area (Å²) >= 11 is 11.7. The van der Waals surface area contributed by atoms with Gasteiger partial charge in [0.15, 0.2) is 5.82 Å². The number of aromatic nitrogens is 2. The zero-order valence-corrected chi connectivity index (χ0v) is 12.0. The van der Waals surface area contributed by atoms with E-state index in [0.29, 0.717) is 21.8 Å². The maximum absolute atomic E-state index is 12.3. The zero-order chi connectivity index (χ0) is 15.8. The second-order valence-electron chi connectivity index (χ2n) is 4.15. The molecule has 0 bridgehead atoms. The summed E-state index contributed by atoms with van der Waals surface area (Å²) in [5.74, 6) is -2.33. The van der Waals surface area contributed by atoms with Crippen molar-refractivity contribution in [3.63, 3.8) is 0 Å². The number of rotatable bonds is 2. The minimum Gasteiger partial charge on any atom is -0.301 e. The first-order valence-corrected chi connectivity index (χ1v) is 6.34. The van der Waals surface area contributed by atoms with E-state index in [2.05, 4.69) is 10.2 Å². The third-order valence-electron chi connectivity index (χ3n) is 2.64. The number of H-pyrrole nitrogens is 1. The normalized spacial score (nSPS) is 11.5. The minimum atomic E-state index is -5.00. The van der Waals surface area contributed by atoms with Gasteiger partial charge >= 0.3 is 12.1 Å². The van der Waals surface area contributed by atoms with Crippen LogP contribution in [-0.2, 0) is 4.79 Å². The van der Waals surface area contributed by atoms with Crippen molar-refractivity contribution in [2.45, 2.75) is 13.1 Å². The van der Waals surface area contributed by atoms with Crippen LogP contribution in [-0.4, -0.2) is 22.3 Å². The van der Waals surface area contributed by atoms with E-state index in [1.807, 2.05) is 0 Å². The highest BCUT2D eigenvalue weighted by molar-refractivity contribution is 6.42. The molecule has 0 aliphatic carbocycles.